The number of carbonyl (C=O) groups is 1. The van der Waals surface area contributed by atoms with Crippen molar-refractivity contribution in [1.29, 1.82) is 0 Å². The van der Waals surface area contributed by atoms with Gasteiger partial charge < -0.3 is 4.90 Å². The number of anilines is 3. The third-order valence-electron chi connectivity index (χ3n) is 4.70. The quantitative estimate of drug-likeness (QED) is 0.520. The van der Waals surface area contributed by atoms with Crippen LogP contribution in [0, 0.1) is 0 Å². The Bertz CT molecular complexity index is 1110. The molecule has 0 fully saturated rings. The summed E-state index contributed by atoms with van der Waals surface area (Å²) in [6, 6.07) is 23.8. The molecule has 1 amide bonds. The topological polar surface area (TPSA) is 40.9 Å². The lowest BCUT2D eigenvalue weighted by atomic mass is 10.1. The molecule has 0 unspecified atom stereocenters. The lowest BCUT2D eigenvalue weighted by molar-refractivity contribution is -0.115. The maximum atomic E-state index is 12.8. The van der Waals surface area contributed by atoms with Gasteiger partial charge in [0.15, 0.2) is 5.82 Å². The standard InChI is InChI=1S/C23H22N4O/c1-17(28)27(20-14-12-19(13-15-20)25(2)3)23-22(18-9-5-4-6-10-18)24-21-11-7-8-16-26(21)23/h4-16H,1-3H3. The highest BCUT2D eigenvalue weighted by Gasteiger charge is 2.24. The van der Waals surface area contributed by atoms with Crippen LogP contribution in [0.3, 0.4) is 0 Å². The summed E-state index contributed by atoms with van der Waals surface area (Å²) in [7, 11) is 3.99. The second-order valence-electron chi connectivity index (χ2n) is 6.84. The fraction of sp³-hybridized carbons (Fsp3) is 0.130. The monoisotopic (exact) mass is 370 g/mol. The second kappa shape index (κ2) is 7.19. The Hall–Kier alpha value is -3.60. The van der Waals surface area contributed by atoms with Gasteiger partial charge in [-0.2, -0.15) is 0 Å². The summed E-state index contributed by atoms with van der Waals surface area (Å²) in [6.45, 7) is 1.58. The molecule has 5 heteroatoms. The van der Waals surface area contributed by atoms with Gasteiger partial charge in [-0.15, -0.1) is 0 Å². The van der Waals surface area contributed by atoms with Gasteiger partial charge in [-0.25, -0.2) is 4.98 Å². The Balaban J connectivity index is 1.95. The van der Waals surface area contributed by atoms with Crippen molar-refractivity contribution in [1.82, 2.24) is 9.38 Å². The van der Waals surface area contributed by atoms with E-state index in [9.17, 15) is 4.79 Å². The van der Waals surface area contributed by atoms with E-state index in [0.717, 1.165) is 34.1 Å². The van der Waals surface area contributed by atoms with Crippen LogP contribution < -0.4 is 9.80 Å². The van der Waals surface area contributed by atoms with Crippen molar-refractivity contribution in [3.8, 4) is 11.3 Å². The van der Waals surface area contributed by atoms with Crippen LogP contribution in [0.25, 0.3) is 16.9 Å². The number of fused-ring (bicyclic) bond motifs is 1. The highest BCUT2D eigenvalue weighted by Crippen LogP contribution is 2.36. The molecule has 4 rings (SSSR count). The van der Waals surface area contributed by atoms with Crippen molar-refractivity contribution in [2.75, 3.05) is 23.9 Å². The number of aromatic nitrogens is 2. The molecule has 5 nitrogen and oxygen atoms in total. The summed E-state index contributed by atoms with van der Waals surface area (Å²) in [6.07, 6.45) is 1.94. The van der Waals surface area contributed by atoms with E-state index in [1.165, 1.54) is 0 Å². The van der Waals surface area contributed by atoms with Gasteiger partial charge >= 0.3 is 0 Å². The molecule has 0 aliphatic heterocycles. The zero-order valence-electron chi connectivity index (χ0n) is 16.2. The molecule has 0 N–H and O–H groups in total. The third kappa shape index (κ3) is 3.11. The van der Waals surface area contributed by atoms with Gasteiger partial charge in [0.2, 0.25) is 5.91 Å². The summed E-state index contributed by atoms with van der Waals surface area (Å²) in [5.41, 5.74) is 4.43. The predicted molar refractivity (Wildman–Crippen MR) is 114 cm³/mol. The number of hydrogen-bond donors (Lipinski definition) is 0. The maximum absolute atomic E-state index is 12.8. The minimum atomic E-state index is -0.0690. The normalized spacial score (nSPS) is 10.8. The third-order valence-corrected chi connectivity index (χ3v) is 4.70. The van der Waals surface area contributed by atoms with E-state index in [-0.39, 0.29) is 5.91 Å². The van der Waals surface area contributed by atoms with E-state index in [4.69, 9.17) is 4.98 Å². The first-order valence-corrected chi connectivity index (χ1v) is 9.17. The summed E-state index contributed by atoms with van der Waals surface area (Å²) in [5, 5.41) is 0. The highest BCUT2D eigenvalue weighted by molar-refractivity contribution is 6.02. The van der Waals surface area contributed by atoms with Crippen LogP contribution >= 0.6 is 0 Å². The first-order valence-electron chi connectivity index (χ1n) is 9.17. The second-order valence-corrected chi connectivity index (χ2v) is 6.84. The van der Waals surface area contributed by atoms with E-state index in [2.05, 4.69) is 0 Å². The number of hydrogen-bond acceptors (Lipinski definition) is 3. The number of imidazole rings is 1. The molecule has 140 valence electrons. The average molecular weight is 370 g/mol. The summed E-state index contributed by atoms with van der Waals surface area (Å²) >= 11 is 0. The van der Waals surface area contributed by atoms with Crippen molar-refractivity contribution in [3.63, 3.8) is 0 Å². The van der Waals surface area contributed by atoms with Gasteiger partial charge in [-0.1, -0.05) is 36.4 Å². The van der Waals surface area contributed by atoms with E-state index < -0.39 is 0 Å². The molecule has 28 heavy (non-hydrogen) atoms. The average Bonchev–Trinajstić information content (AvgIpc) is 3.08. The Morgan fingerprint density at radius 3 is 2.14 bits per heavy atom. The van der Waals surface area contributed by atoms with Crippen LogP contribution in [0.4, 0.5) is 17.2 Å². The first kappa shape index (κ1) is 17.8. The van der Waals surface area contributed by atoms with Crippen LogP contribution in [-0.4, -0.2) is 29.4 Å². The largest absolute Gasteiger partial charge is 0.378 e. The number of pyridine rings is 1. The Morgan fingerprint density at radius 2 is 1.50 bits per heavy atom. The Morgan fingerprint density at radius 1 is 0.857 bits per heavy atom. The van der Waals surface area contributed by atoms with Crippen molar-refractivity contribution in [2.24, 2.45) is 0 Å². The van der Waals surface area contributed by atoms with Gasteiger partial charge in [0.25, 0.3) is 0 Å². The zero-order chi connectivity index (χ0) is 19.7. The lowest BCUT2D eigenvalue weighted by Gasteiger charge is -2.23. The minimum Gasteiger partial charge on any atom is -0.378 e. The fourth-order valence-corrected chi connectivity index (χ4v) is 3.34. The smallest absolute Gasteiger partial charge is 0.229 e. The fourth-order valence-electron chi connectivity index (χ4n) is 3.34. The molecule has 0 bridgehead atoms. The van der Waals surface area contributed by atoms with Crippen LogP contribution in [0.1, 0.15) is 6.92 Å². The molecule has 2 heterocycles. The van der Waals surface area contributed by atoms with Crippen molar-refractivity contribution >= 4 is 28.7 Å². The van der Waals surface area contributed by atoms with Crippen molar-refractivity contribution < 1.29 is 4.79 Å². The molecule has 2 aromatic carbocycles. The number of amides is 1. The molecule has 0 atom stereocenters. The molecule has 0 spiro atoms. The van der Waals surface area contributed by atoms with E-state index in [0.29, 0.717) is 0 Å². The van der Waals surface area contributed by atoms with Gasteiger partial charge in [0.1, 0.15) is 11.3 Å². The predicted octanol–water partition coefficient (Wildman–Crippen LogP) is 4.75. The van der Waals surface area contributed by atoms with Crippen molar-refractivity contribution in [2.45, 2.75) is 6.92 Å². The van der Waals surface area contributed by atoms with Crippen LogP contribution in [0.5, 0.6) is 0 Å². The molecule has 2 aromatic heterocycles. The van der Waals surface area contributed by atoms with Gasteiger partial charge in [0.05, 0.1) is 5.69 Å². The summed E-state index contributed by atoms with van der Waals surface area (Å²) in [5.74, 6) is 0.673. The number of carbonyl (C=O) groups excluding carboxylic acids is 1. The zero-order valence-corrected chi connectivity index (χ0v) is 16.2. The Labute approximate surface area is 164 Å². The van der Waals surface area contributed by atoms with Gasteiger partial charge in [0, 0.05) is 38.5 Å². The molecule has 4 aromatic rings. The van der Waals surface area contributed by atoms with Crippen LogP contribution in [-0.2, 0) is 4.79 Å². The van der Waals surface area contributed by atoms with Gasteiger partial charge in [-0.3, -0.25) is 14.1 Å². The van der Waals surface area contributed by atoms with Crippen LogP contribution in [0.15, 0.2) is 79.0 Å². The molecule has 0 radical (unpaired) electrons. The molecular weight excluding hydrogens is 348 g/mol. The summed E-state index contributed by atoms with van der Waals surface area (Å²) in [4.78, 5) is 21.3. The van der Waals surface area contributed by atoms with Crippen LogP contribution in [0.2, 0.25) is 0 Å². The number of rotatable bonds is 4. The van der Waals surface area contributed by atoms with E-state index >= 15 is 0 Å². The lowest BCUT2D eigenvalue weighted by Crippen LogP contribution is -2.24. The first-order chi connectivity index (χ1) is 13.6. The highest BCUT2D eigenvalue weighted by atomic mass is 16.2. The Kier molecular flexibility index (Phi) is 4.57. The van der Waals surface area contributed by atoms with Gasteiger partial charge in [-0.05, 0) is 36.4 Å². The van der Waals surface area contributed by atoms with E-state index in [1.807, 2.05) is 102 Å². The summed E-state index contributed by atoms with van der Waals surface area (Å²) < 4.78 is 1.96. The number of benzene rings is 2. The maximum Gasteiger partial charge on any atom is 0.229 e. The molecule has 0 saturated carbocycles. The molecule has 0 aliphatic carbocycles. The van der Waals surface area contributed by atoms with E-state index in [1.54, 1.807) is 11.8 Å². The number of nitrogens with zero attached hydrogens (tertiary/aromatic N) is 4. The molecule has 0 aliphatic rings. The SMILES string of the molecule is CC(=O)N(c1ccc(N(C)C)cc1)c1c(-c2ccccc2)nc2ccccn12. The van der Waals surface area contributed by atoms with Crippen molar-refractivity contribution in [3.05, 3.63) is 79.0 Å². The minimum absolute atomic E-state index is 0.0690. The molecule has 0 saturated heterocycles. The molecular formula is C23H22N4O.